The van der Waals surface area contributed by atoms with Crippen LogP contribution in [0.5, 0.6) is 5.75 Å². The first kappa shape index (κ1) is 13.3. The van der Waals surface area contributed by atoms with Gasteiger partial charge in [-0.25, -0.2) is 4.68 Å². The molecule has 0 saturated carbocycles. The number of ether oxygens (including phenoxy) is 1. The van der Waals surface area contributed by atoms with Crippen LogP contribution in [-0.2, 0) is 6.54 Å². The summed E-state index contributed by atoms with van der Waals surface area (Å²) in [7, 11) is 1.60. The summed E-state index contributed by atoms with van der Waals surface area (Å²) in [5.41, 5.74) is 7.39. The number of tetrazole rings is 1. The smallest absolute Gasteiger partial charge is 0.182 e. The first-order valence-corrected chi connectivity index (χ1v) is 6.35. The number of nitrogens with zero attached hydrogens (tertiary/aromatic N) is 4. The minimum absolute atomic E-state index is 0.526. The summed E-state index contributed by atoms with van der Waals surface area (Å²) in [6, 6.07) is 5.57. The highest BCUT2D eigenvalue weighted by molar-refractivity contribution is 5.66. The number of nitrogens with two attached hydrogens (primary N) is 1. The van der Waals surface area contributed by atoms with Gasteiger partial charge in [0, 0.05) is 12.1 Å². The van der Waals surface area contributed by atoms with Crippen molar-refractivity contribution in [3.63, 3.8) is 0 Å². The molecule has 1 heterocycles. The molecule has 1 atom stereocenters. The molecule has 1 aromatic heterocycles. The van der Waals surface area contributed by atoms with Crippen molar-refractivity contribution in [3.05, 3.63) is 18.2 Å². The molecule has 0 aliphatic heterocycles. The second-order valence-corrected chi connectivity index (χ2v) is 4.65. The normalized spacial score (nSPS) is 12.4. The minimum atomic E-state index is 0.526. The third-order valence-electron chi connectivity index (χ3n) is 3.20. The molecule has 0 fully saturated rings. The van der Waals surface area contributed by atoms with Gasteiger partial charge in [0.05, 0.1) is 12.8 Å². The van der Waals surface area contributed by atoms with E-state index in [4.69, 9.17) is 10.5 Å². The van der Waals surface area contributed by atoms with Crippen molar-refractivity contribution in [2.75, 3.05) is 12.8 Å². The van der Waals surface area contributed by atoms with E-state index in [1.165, 1.54) is 0 Å². The zero-order chi connectivity index (χ0) is 13.8. The molecule has 0 spiro atoms. The zero-order valence-electron chi connectivity index (χ0n) is 11.5. The molecular formula is C13H19N5O. The van der Waals surface area contributed by atoms with E-state index in [1.54, 1.807) is 7.11 Å². The van der Waals surface area contributed by atoms with Crippen LogP contribution in [0.1, 0.15) is 20.3 Å². The Labute approximate surface area is 112 Å². The van der Waals surface area contributed by atoms with Gasteiger partial charge in [-0.2, -0.15) is 0 Å². The van der Waals surface area contributed by atoms with E-state index >= 15 is 0 Å². The number of aromatic nitrogens is 4. The van der Waals surface area contributed by atoms with Crippen LogP contribution in [-0.4, -0.2) is 27.3 Å². The fourth-order valence-electron chi connectivity index (χ4n) is 1.83. The van der Waals surface area contributed by atoms with Crippen LogP contribution in [0.4, 0.5) is 5.69 Å². The maximum Gasteiger partial charge on any atom is 0.182 e. The Morgan fingerprint density at radius 1 is 1.42 bits per heavy atom. The predicted molar refractivity (Wildman–Crippen MR) is 73.7 cm³/mol. The molecule has 0 aliphatic carbocycles. The number of nitrogen functional groups attached to an aromatic ring is 1. The first-order chi connectivity index (χ1) is 9.15. The van der Waals surface area contributed by atoms with Gasteiger partial charge < -0.3 is 10.5 Å². The van der Waals surface area contributed by atoms with Gasteiger partial charge in [-0.05, 0) is 34.5 Å². The number of methoxy groups -OCH3 is 1. The van der Waals surface area contributed by atoms with Crippen molar-refractivity contribution in [3.8, 4) is 17.1 Å². The number of hydrogen-bond donors (Lipinski definition) is 1. The number of benzene rings is 1. The van der Waals surface area contributed by atoms with Gasteiger partial charge in [-0.1, -0.05) is 20.3 Å². The highest BCUT2D eigenvalue weighted by Gasteiger charge is 2.12. The molecule has 6 nitrogen and oxygen atoms in total. The first-order valence-electron chi connectivity index (χ1n) is 6.35. The average molecular weight is 261 g/mol. The maximum absolute atomic E-state index is 5.91. The van der Waals surface area contributed by atoms with Gasteiger partial charge in [0.1, 0.15) is 5.75 Å². The van der Waals surface area contributed by atoms with Crippen molar-refractivity contribution in [2.24, 2.45) is 5.92 Å². The van der Waals surface area contributed by atoms with Crippen molar-refractivity contribution in [1.82, 2.24) is 20.2 Å². The Kier molecular flexibility index (Phi) is 3.99. The highest BCUT2D eigenvalue weighted by Crippen LogP contribution is 2.27. The van der Waals surface area contributed by atoms with E-state index in [0.29, 0.717) is 17.4 Å². The molecule has 0 amide bonds. The Hall–Kier alpha value is -2.11. The maximum atomic E-state index is 5.91. The van der Waals surface area contributed by atoms with Crippen LogP contribution in [0.25, 0.3) is 11.4 Å². The van der Waals surface area contributed by atoms with Crippen molar-refractivity contribution >= 4 is 5.69 Å². The fourth-order valence-corrected chi connectivity index (χ4v) is 1.83. The molecule has 1 aromatic carbocycles. The molecule has 19 heavy (non-hydrogen) atoms. The molecule has 0 saturated heterocycles. The van der Waals surface area contributed by atoms with Crippen LogP contribution in [0.15, 0.2) is 18.2 Å². The van der Waals surface area contributed by atoms with Crippen LogP contribution >= 0.6 is 0 Å². The summed E-state index contributed by atoms with van der Waals surface area (Å²) in [6.07, 6.45) is 1.09. The van der Waals surface area contributed by atoms with Gasteiger partial charge in [0.25, 0.3) is 0 Å². The summed E-state index contributed by atoms with van der Waals surface area (Å²) in [4.78, 5) is 0. The second-order valence-electron chi connectivity index (χ2n) is 4.65. The van der Waals surface area contributed by atoms with Crippen molar-refractivity contribution in [1.29, 1.82) is 0 Å². The number of rotatable bonds is 5. The Balaban J connectivity index is 2.32. The lowest BCUT2D eigenvalue weighted by Gasteiger charge is -2.10. The van der Waals surface area contributed by atoms with E-state index in [1.807, 2.05) is 22.9 Å². The summed E-state index contributed by atoms with van der Waals surface area (Å²) in [6.45, 7) is 5.12. The van der Waals surface area contributed by atoms with Crippen LogP contribution in [0.2, 0.25) is 0 Å². The molecule has 1 unspecified atom stereocenters. The zero-order valence-corrected chi connectivity index (χ0v) is 11.5. The SMILES string of the molecule is CCC(C)Cn1nnnc1-c1ccc(OC)c(N)c1. The van der Waals surface area contributed by atoms with Gasteiger partial charge in [0.2, 0.25) is 0 Å². The number of anilines is 1. The molecule has 0 aliphatic rings. The Morgan fingerprint density at radius 2 is 2.21 bits per heavy atom. The molecule has 6 heteroatoms. The predicted octanol–water partition coefficient (Wildman–Crippen LogP) is 1.98. The lowest BCUT2D eigenvalue weighted by Crippen LogP contribution is -2.10. The Bertz CT molecular complexity index is 552. The van der Waals surface area contributed by atoms with E-state index < -0.39 is 0 Å². The van der Waals surface area contributed by atoms with Gasteiger partial charge in [-0.15, -0.1) is 5.10 Å². The topological polar surface area (TPSA) is 78.8 Å². The van der Waals surface area contributed by atoms with Gasteiger partial charge in [-0.3, -0.25) is 0 Å². The van der Waals surface area contributed by atoms with Crippen LogP contribution in [0, 0.1) is 5.92 Å². The highest BCUT2D eigenvalue weighted by atomic mass is 16.5. The van der Waals surface area contributed by atoms with Crippen molar-refractivity contribution < 1.29 is 4.74 Å². The third-order valence-corrected chi connectivity index (χ3v) is 3.20. The summed E-state index contributed by atoms with van der Waals surface area (Å²) >= 11 is 0. The molecule has 0 radical (unpaired) electrons. The molecular weight excluding hydrogens is 242 g/mol. The van der Waals surface area contributed by atoms with E-state index in [-0.39, 0.29) is 0 Å². The standard InChI is InChI=1S/C13H19N5O/c1-4-9(2)8-18-13(15-16-17-18)10-5-6-12(19-3)11(14)7-10/h5-7,9H,4,8,14H2,1-3H3. The Morgan fingerprint density at radius 3 is 2.84 bits per heavy atom. The second kappa shape index (κ2) is 5.69. The molecule has 102 valence electrons. The fraction of sp³-hybridized carbons (Fsp3) is 0.462. The lowest BCUT2D eigenvalue weighted by molar-refractivity contribution is 0.417. The average Bonchev–Trinajstić information content (AvgIpc) is 2.86. The summed E-state index contributed by atoms with van der Waals surface area (Å²) in [5.74, 6) is 1.91. The lowest BCUT2D eigenvalue weighted by atomic mass is 10.1. The van der Waals surface area contributed by atoms with Crippen LogP contribution in [0.3, 0.4) is 0 Å². The van der Waals surface area contributed by atoms with E-state index in [2.05, 4.69) is 29.4 Å². The van der Waals surface area contributed by atoms with Gasteiger partial charge >= 0.3 is 0 Å². The third kappa shape index (κ3) is 2.83. The quantitative estimate of drug-likeness (QED) is 0.832. The van der Waals surface area contributed by atoms with Crippen molar-refractivity contribution in [2.45, 2.75) is 26.8 Å². The van der Waals surface area contributed by atoms with Gasteiger partial charge in [0.15, 0.2) is 5.82 Å². The van der Waals surface area contributed by atoms with E-state index in [9.17, 15) is 0 Å². The minimum Gasteiger partial charge on any atom is -0.495 e. The largest absolute Gasteiger partial charge is 0.495 e. The summed E-state index contributed by atoms with van der Waals surface area (Å²) < 4.78 is 6.96. The molecule has 2 aromatic rings. The van der Waals surface area contributed by atoms with Crippen LogP contribution < -0.4 is 10.5 Å². The van der Waals surface area contributed by atoms with E-state index in [0.717, 1.165) is 24.4 Å². The summed E-state index contributed by atoms with van der Waals surface area (Å²) in [5, 5.41) is 11.9. The molecule has 0 bridgehead atoms. The molecule has 2 N–H and O–H groups in total. The number of hydrogen-bond acceptors (Lipinski definition) is 5. The molecule has 2 rings (SSSR count). The monoisotopic (exact) mass is 261 g/mol.